The van der Waals surface area contributed by atoms with E-state index < -0.39 is 16.1 Å². The van der Waals surface area contributed by atoms with Crippen molar-refractivity contribution in [1.82, 2.24) is 9.62 Å². The maximum atomic E-state index is 12.3. The number of rotatable bonds is 4. The van der Waals surface area contributed by atoms with Gasteiger partial charge < -0.3 is 10.4 Å². The Kier molecular flexibility index (Phi) is 4.61. The van der Waals surface area contributed by atoms with Crippen LogP contribution in [0, 0.1) is 0 Å². The maximum absolute atomic E-state index is 12.3. The second-order valence-electron chi connectivity index (χ2n) is 4.86. The van der Waals surface area contributed by atoms with Crippen LogP contribution in [0.25, 0.3) is 0 Å². The second-order valence-corrected chi connectivity index (χ2v) is 6.83. The molecule has 6 nitrogen and oxygen atoms in total. The predicted octanol–water partition coefficient (Wildman–Crippen LogP) is 1.25. The quantitative estimate of drug-likeness (QED) is 0.876. The van der Waals surface area contributed by atoms with E-state index in [-0.39, 0.29) is 11.8 Å². The zero-order chi connectivity index (χ0) is 14.6. The van der Waals surface area contributed by atoms with E-state index in [1.54, 1.807) is 12.1 Å². The van der Waals surface area contributed by atoms with E-state index >= 15 is 0 Å². The van der Waals surface area contributed by atoms with E-state index in [0.717, 1.165) is 5.56 Å². The largest absolute Gasteiger partial charge is 0.465 e. The lowest BCUT2D eigenvalue weighted by Gasteiger charge is -2.31. The van der Waals surface area contributed by atoms with Crippen molar-refractivity contribution < 1.29 is 18.3 Å². The number of piperidine rings is 1. The van der Waals surface area contributed by atoms with Gasteiger partial charge in [0.15, 0.2) is 0 Å². The molecule has 110 valence electrons. The average molecular weight is 298 g/mol. The van der Waals surface area contributed by atoms with Crippen molar-refractivity contribution in [2.75, 3.05) is 13.1 Å². The van der Waals surface area contributed by atoms with Crippen LogP contribution in [0.3, 0.4) is 0 Å². The molecule has 0 aliphatic carbocycles. The van der Waals surface area contributed by atoms with Crippen molar-refractivity contribution in [3.63, 3.8) is 0 Å². The third kappa shape index (κ3) is 3.94. The van der Waals surface area contributed by atoms with Crippen LogP contribution in [0.2, 0.25) is 0 Å². The Morgan fingerprint density at radius 3 is 2.40 bits per heavy atom. The van der Waals surface area contributed by atoms with Crippen LogP contribution >= 0.6 is 0 Å². The second kappa shape index (κ2) is 6.23. The first kappa shape index (κ1) is 14.8. The number of benzene rings is 1. The molecule has 2 rings (SSSR count). The van der Waals surface area contributed by atoms with Gasteiger partial charge in [-0.1, -0.05) is 30.3 Å². The Hall–Kier alpha value is -1.60. The van der Waals surface area contributed by atoms with Crippen LogP contribution in [-0.4, -0.2) is 43.1 Å². The van der Waals surface area contributed by atoms with Crippen molar-refractivity contribution in [2.24, 2.45) is 0 Å². The highest BCUT2D eigenvalue weighted by atomic mass is 32.2. The Morgan fingerprint density at radius 2 is 1.85 bits per heavy atom. The molecular weight excluding hydrogens is 280 g/mol. The van der Waals surface area contributed by atoms with Crippen LogP contribution in [0.4, 0.5) is 4.79 Å². The molecule has 20 heavy (non-hydrogen) atoms. The SMILES string of the molecule is O=C(O)NC1CCN(S(=O)(=O)Cc2ccccc2)CC1. The van der Waals surface area contributed by atoms with Crippen molar-refractivity contribution in [3.05, 3.63) is 35.9 Å². The van der Waals surface area contributed by atoms with Gasteiger partial charge in [0.2, 0.25) is 10.0 Å². The zero-order valence-electron chi connectivity index (χ0n) is 11.0. The summed E-state index contributed by atoms with van der Waals surface area (Å²) in [4.78, 5) is 10.5. The summed E-state index contributed by atoms with van der Waals surface area (Å²) >= 11 is 0. The van der Waals surface area contributed by atoms with Crippen LogP contribution < -0.4 is 5.32 Å². The average Bonchev–Trinajstić information content (AvgIpc) is 2.39. The van der Waals surface area contributed by atoms with E-state index in [1.807, 2.05) is 18.2 Å². The monoisotopic (exact) mass is 298 g/mol. The molecule has 1 aliphatic rings. The topological polar surface area (TPSA) is 86.7 Å². The molecule has 0 atom stereocenters. The highest BCUT2D eigenvalue weighted by molar-refractivity contribution is 7.88. The van der Waals surface area contributed by atoms with E-state index in [0.29, 0.717) is 25.9 Å². The lowest BCUT2D eigenvalue weighted by Crippen LogP contribution is -2.46. The fourth-order valence-corrected chi connectivity index (χ4v) is 3.89. The highest BCUT2D eigenvalue weighted by Gasteiger charge is 2.28. The summed E-state index contributed by atoms with van der Waals surface area (Å²) in [6.07, 6.45) is -0.0312. The van der Waals surface area contributed by atoms with Gasteiger partial charge in [0.1, 0.15) is 0 Å². The molecule has 2 N–H and O–H groups in total. The fraction of sp³-hybridized carbons (Fsp3) is 0.462. The molecular formula is C13H18N2O4S. The summed E-state index contributed by atoms with van der Waals surface area (Å²) in [6.45, 7) is 0.722. The summed E-state index contributed by atoms with van der Waals surface area (Å²) in [5.74, 6) is -0.00906. The molecule has 1 aromatic carbocycles. The standard InChI is InChI=1S/C13H18N2O4S/c16-13(17)14-12-6-8-15(9-7-12)20(18,19)10-11-4-2-1-3-5-11/h1-5,12,14H,6-10H2,(H,16,17). The smallest absolute Gasteiger partial charge is 0.404 e. The minimum absolute atomic E-state index is 0.00906. The van der Waals surface area contributed by atoms with E-state index in [9.17, 15) is 13.2 Å². The van der Waals surface area contributed by atoms with Gasteiger partial charge in [-0.25, -0.2) is 17.5 Å². The first-order valence-electron chi connectivity index (χ1n) is 6.48. The molecule has 0 radical (unpaired) electrons. The summed E-state index contributed by atoms with van der Waals surface area (Å²) in [7, 11) is -3.33. The number of carbonyl (C=O) groups is 1. The van der Waals surface area contributed by atoms with Crippen LogP contribution in [0.1, 0.15) is 18.4 Å². The Labute approximate surface area is 118 Å². The minimum Gasteiger partial charge on any atom is -0.465 e. The van der Waals surface area contributed by atoms with Crippen molar-refractivity contribution in [2.45, 2.75) is 24.6 Å². The van der Waals surface area contributed by atoms with Gasteiger partial charge in [-0.15, -0.1) is 0 Å². The molecule has 0 bridgehead atoms. The molecule has 0 unspecified atom stereocenters. The zero-order valence-corrected chi connectivity index (χ0v) is 11.8. The van der Waals surface area contributed by atoms with Crippen molar-refractivity contribution >= 4 is 16.1 Å². The van der Waals surface area contributed by atoms with Crippen molar-refractivity contribution in [1.29, 1.82) is 0 Å². The maximum Gasteiger partial charge on any atom is 0.404 e. The van der Waals surface area contributed by atoms with Crippen molar-refractivity contribution in [3.8, 4) is 0 Å². The Bertz CT molecular complexity index is 551. The number of sulfonamides is 1. The summed E-state index contributed by atoms with van der Waals surface area (Å²) in [6, 6.07) is 8.89. The van der Waals surface area contributed by atoms with E-state index in [2.05, 4.69) is 5.32 Å². The summed E-state index contributed by atoms with van der Waals surface area (Å²) in [5, 5.41) is 11.0. The molecule has 0 saturated carbocycles. The van der Waals surface area contributed by atoms with Gasteiger partial charge in [-0.3, -0.25) is 0 Å². The van der Waals surface area contributed by atoms with Crippen LogP contribution in [-0.2, 0) is 15.8 Å². The van der Waals surface area contributed by atoms with Gasteiger partial charge in [0.25, 0.3) is 0 Å². The lowest BCUT2D eigenvalue weighted by molar-refractivity contribution is 0.183. The van der Waals surface area contributed by atoms with Gasteiger partial charge >= 0.3 is 6.09 Å². The summed E-state index contributed by atoms with van der Waals surface area (Å²) in [5.41, 5.74) is 0.762. The number of hydrogen-bond acceptors (Lipinski definition) is 3. The number of hydrogen-bond donors (Lipinski definition) is 2. The Balaban J connectivity index is 1.94. The Morgan fingerprint density at radius 1 is 1.25 bits per heavy atom. The number of nitrogens with one attached hydrogen (secondary N) is 1. The molecule has 0 aromatic heterocycles. The number of amides is 1. The third-order valence-corrected chi connectivity index (χ3v) is 5.22. The van der Waals surface area contributed by atoms with Gasteiger partial charge in [-0.05, 0) is 18.4 Å². The highest BCUT2D eigenvalue weighted by Crippen LogP contribution is 2.17. The molecule has 1 fully saturated rings. The van der Waals surface area contributed by atoms with Gasteiger partial charge in [-0.2, -0.15) is 0 Å². The number of nitrogens with zero attached hydrogens (tertiary/aromatic N) is 1. The van der Waals surface area contributed by atoms with E-state index in [1.165, 1.54) is 4.31 Å². The fourth-order valence-electron chi connectivity index (χ4n) is 2.33. The molecule has 1 aliphatic heterocycles. The predicted molar refractivity (Wildman–Crippen MR) is 74.8 cm³/mol. The van der Waals surface area contributed by atoms with Crippen LogP contribution in [0.15, 0.2) is 30.3 Å². The molecule has 1 aromatic rings. The number of carboxylic acid groups (broad SMARTS) is 1. The molecule has 1 saturated heterocycles. The molecule has 7 heteroatoms. The summed E-state index contributed by atoms with van der Waals surface area (Å²) < 4.78 is 26.0. The van der Waals surface area contributed by atoms with Crippen LogP contribution in [0.5, 0.6) is 0 Å². The van der Waals surface area contributed by atoms with Gasteiger partial charge in [0.05, 0.1) is 5.75 Å². The van der Waals surface area contributed by atoms with E-state index in [4.69, 9.17) is 5.11 Å². The first-order valence-corrected chi connectivity index (χ1v) is 8.09. The lowest BCUT2D eigenvalue weighted by atomic mass is 10.1. The third-order valence-electron chi connectivity index (χ3n) is 3.37. The molecule has 1 amide bonds. The van der Waals surface area contributed by atoms with Gasteiger partial charge in [0, 0.05) is 19.1 Å². The molecule has 1 heterocycles. The minimum atomic E-state index is -3.33. The first-order chi connectivity index (χ1) is 9.47. The normalized spacial score (nSPS) is 17.8. The molecule has 0 spiro atoms.